The number of nitrogens with zero attached hydrogens (tertiary/aromatic N) is 2. The predicted octanol–water partition coefficient (Wildman–Crippen LogP) is 2.42. The van der Waals surface area contributed by atoms with Crippen molar-refractivity contribution >= 4 is 44.8 Å². The molecule has 9 nitrogen and oxygen atoms in total. The summed E-state index contributed by atoms with van der Waals surface area (Å²) in [6.07, 6.45) is -0.124. The molecule has 11 heteroatoms. The molecule has 0 radical (unpaired) electrons. The number of likely N-dealkylation sites (tertiary alicyclic amines) is 1. The second kappa shape index (κ2) is 10.4. The molecule has 178 valence electrons. The third kappa shape index (κ3) is 5.98. The van der Waals surface area contributed by atoms with E-state index in [2.05, 4.69) is 5.32 Å². The number of amides is 2. The van der Waals surface area contributed by atoms with Crippen LogP contribution < -0.4 is 5.32 Å². The maximum absolute atomic E-state index is 12.5. The van der Waals surface area contributed by atoms with Gasteiger partial charge in [-0.15, -0.1) is 11.3 Å². The molecular weight excluding hydrogens is 466 g/mol. The van der Waals surface area contributed by atoms with Crippen molar-refractivity contribution in [2.45, 2.75) is 30.8 Å². The van der Waals surface area contributed by atoms with Gasteiger partial charge in [0.05, 0.1) is 15.7 Å². The van der Waals surface area contributed by atoms with Gasteiger partial charge < -0.3 is 15.0 Å². The fourth-order valence-electron chi connectivity index (χ4n) is 3.39. The van der Waals surface area contributed by atoms with Crippen LogP contribution in [0.15, 0.2) is 46.7 Å². The molecule has 0 unspecified atom stereocenters. The summed E-state index contributed by atoms with van der Waals surface area (Å²) in [5, 5.41) is 4.44. The summed E-state index contributed by atoms with van der Waals surface area (Å²) >= 11 is 1.38. The van der Waals surface area contributed by atoms with Gasteiger partial charge in [-0.1, -0.05) is 12.1 Å². The second-order valence-electron chi connectivity index (χ2n) is 7.93. The number of piperidine rings is 1. The van der Waals surface area contributed by atoms with Crippen LogP contribution in [0.4, 0.5) is 5.69 Å². The Hall–Kier alpha value is -2.76. The summed E-state index contributed by atoms with van der Waals surface area (Å²) < 4.78 is 31.0. The Balaban J connectivity index is 1.52. The molecule has 0 saturated carbocycles. The summed E-state index contributed by atoms with van der Waals surface area (Å²) in [4.78, 5) is 39.9. The average Bonchev–Trinajstić information content (AvgIpc) is 3.33. The fourth-order valence-corrected chi connectivity index (χ4v) is 5.03. The molecule has 1 saturated heterocycles. The summed E-state index contributed by atoms with van der Waals surface area (Å²) in [7, 11) is -0.802. The van der Waals surface area contributed by atoms with Crippen molar-refractivity contribution in [1.29, 1.82) is 0 Å². The Morgan fingerprint density at radius 2 is 1.85 bits per heavy atom. The van der Waals surface area contributed by atoms with Crippen LogP contribution >= 0.6 is 11.3 Å². The quantitative estimate of drug-likeness (QED) is 0.593. The second-order valence-corrected chi connectivity index (χ2v) is 11.0. The van der Waals surface area contributed by atoms with Gasteiger partial charge in [0.2, 0.25) is 10.0 Å². The first-order chi connectivity index (χ1) is 15.6. The van der Waals surface area contributed by atoms with E-state index in [9.17, 15) is 22.8 Å². The van der Waals surface area contributed by atoms with Gasteiger partial charge in [0, 0.05) is 32.9 Å². The Labute approximate surface area is 197 Å². The lowest BCUT2D eigenvalue weighted by atomic mass is 9.97. The lowest BCUT2D eigenvalue weighted by Crippen LogP contribution is -2.41. The minimum absolute atomic E-state index is 0.0388. The van der Waals surface area contributed by atoms with E-state index in [1.807, 2.05) is 11.4 Å². The molecule has 1 fully saturated rings. The topological polar surface area (TPSA) is 113 Å². The minimum atomic E-state index is -3.64. The van der Waals surface area contributed by atoms with Gasteiger partial charge in [0.1, 0.15) is 0 Å². The standard InChI is InChI=1S/C22H27N3O6S2/c1-15(20(26)23-17-6-4-7-18(14-17)33(29,30)24(2)3)31-22(28)16-9-11-25(12-10-16)21(27)19-8-5-13-32-19/h4-8,13-16H,9-12H2,1-3H3,(H,23,26)/t15-/m1/s1. The molecule has 0 spiro atoms. The predicted molar refractivity (Wildman–Crippen MR) is 124 cm³/mol. The molecule has 0 aliphatic carbocycles. The number of rotatable bonds is 7. The summed E-state index contributed by atoms with van der Waals surface area (Å²) in [5.41, 5.74) is 0.284. The summed E-state index contributed by atoms with van der Waals surface area (Å²) in [6, 6.07) is 9.46. The van der Waals surface area contributed by atoms with Crippen LogP contribution in [0.1, 0.15) is 29.4 Å². The Morgan fingerprint density at radius 3 is 2.45 bits per heavy atom. The first-order valence-electron chi connectivity index (χ1n) is 10.5. The Kier molecular flexibility index (Phi) is 7.88. The first kappa shape index (κ1) is 24.9. The van der Waals surface area contributed by atoms with Crippen LogP contribution in [0, 0.1) is 5.92 Å². The number of ether oxygens (including phenoxy) is 1. The van der Waals surface area contributed by atoms with E-state index in [1.54, 1.807) is 17.0 Å². The number of hydrogen-bond acceptors (Lipinski definition) is 7. The molecule has 0 bridgehead atoms. The lowest BCUT2D eigenvalue weighted by molar-refractivity contribution is -0.158. The van der Waals surface area contributed by atoms with Gasteiger partial charge in [0.15, 0.2) is 6.10 Å². The van der Waals surface area contributed by atoms with Crippen molar-refractivity contribution in [3.05, 3.63) is 46.7 Å². The van der Waals surface area contributed by atoms with E-state index in [0.29, 0.717) is 30.8 Å². The molecule has 2 aromatic rings. The van der Waals surface area contributed by atoms with Crippen LogP contribution in [0.5, 0.6) is 0 Å². The molecule has 1 aromatic heterocycles. The Bertz CT molecular complexity index is 1110. The molecule has 2 amide bonds. The van der Waals surface area contributed by atoms with E-state index in [-0.39, 0.29) is 22.4 Å². The highest BCUT2D eigenvalue weighted by Crippen LogP contribution is 2.23. The SMILES string of the molecule is C[C@@H](OC(=O)C1CCN(C(=O)c2cccs2)CC1)C(=O)Nc1cccc(S(=O)(=O)N(C)C)c1. The zero-order chi connectivity index (χ0) is 24.2. The third-order valence-electron chi connectivity index (χ3n) is 5.39. The van der Waals surface area contributed by atoms with E-state index < -0.39 is 28.0 Å². The number of hydrogen-bond donors (Lipinski definition) is 1. The minimum Gasteiger partial charge on any atom is -0.452 e. The van der Waals surface area contributed by atoms with Gasteiger partial charge >= 0.3 is 5.97 Å². The average molecular weight is 494 g/mol. The molecule has 1 N–H and O–H groups in total. The number of benzene rings is 1. The van der Waals surface area contributed by atoms with Crippen molar-refractivity contribution in [1.82, 2.24) is 9.21 Å². The highest BCUT2D eigenvalue weighted by Gasteiger charge is 2.31. The third-order valence-corrected chi connectivity index (χ3v) is 8.06. The molecular formula is C22H27N3O6S2. The molecule has 1 aromatic carbocycles. The normalized spacial score (nSPS) is 15.8. The van der Waals surface area contributed by atoms with Crippen LogP contribution in [-0.2, 0) is 24.3 Å². The lowest BCUT2D eigenvalue weighted by Gasteiger charge is -2.31. The largest absolute Gasteiger partial charge is 0.452 e. The van der Waals surface area contributed by atoms with Crippen molar-refractivity contribution in [3.8, 4) is 0 Å². The molecule has 1 aliphatic rings. The maximum atomic E-state index is 12.5. The van der Waals surface area contributed by atoms with Crippen LogP contribution in [0.2, 0.25) is 0 Å². The number of carbonyl (C=O) groups is 3. The van der Waals surface area contributed by atoms with E-state index >= 15 is 0 Å². The smallest absolute Gasteiger partial charge is 0.309 e. The molecule has 1 aliphatic heterocycles. The zero-order valence-corrected chi connectivity index (χ0v) is 20.3. The van der Waals surface area contributed by atoms with Gasteiger partial charge in [-0.3, -0.25) is 14.4 Å². The molecule has 33 heavy (non-hydrogen) atoms. The van der Waals surface area contributed by atoms with Crippen molar-refractivity contribution in [2.24, 2.45) is 5.92 Å². The highest BCUT2D eigenvalue weighted by atomic mass is 32.2. The molecule has 3 rings (SSSR count). The van der Waals surface area contributed by atoms with Crippen LogP contribution in [-0.4, -0.2) is 68.7 Å². The van der Waals surface area contributed by atoms with Crippen molar-refractivity contribution in [3.63, 3.8) is 0 Å². The monoisotopic (exact) mass is 493 g/mol. The van der Waals surface area contributed by atoms with E-state index in [0.717, 1.165) is 4.31 Å². The Morgan fingerprint density at radius 1 is 1.15 bits per heavy atom. The molecule has 1 atom stereocenters. The number of nitrogens with one attached hydrogen (secondary N) is 1. The van der Waals surface area contributed by atoms with Gasteiger partial charge in [-0.05, 0) is 49.4 Å². The van der Waals surface area contributed by atoms with Crippen molar-refractivity contribution in [2.75, 3.05) is 32.5 Å². The van der Waals surface area contributed by atoms with Crippen LogP contribution in [0.3, 0.4) is 0 Å². The highest BCUT2D eigenvalue weighted by molar-refractivity contribution is 7.89. The number of anilines is 1. The van der Waals surface area contributed by atoms with E-state index in [1.165, 1.54) is 50.6 Å². The van der Waals surface area contributed by atoms with Crippen LogP contribution in [0.25, 0.3) is 0 Å². The number of carbonyl (C=O) groups excluding carboxylic acids is 3. The number of esters is 1. The number of thiophene rings is 1. The van der Waals surface area contributed by atoms with Gasteiger partial charge in [-0.2, -0.15) is 0 Å². The zero-order valence-electron chi connectivity index (χ0n) is 18.7. The maximum Gasteiger partial charge on any atom is 0.309 e. The summed E-state index contributed by atoms with van der Waals surface area (Å²) in [5.74, 6) is -1.47. The van der Waals surface area contributed by atoms with Gasteiger partial charge in [-0.25, -0.2) is 12.7 Å². The molecule has 2 heterocycles. The first-order valence-corrected chi connectivity index (χ1v) is 12.8. The van der Waals surface area contributed by atoms with E-state index in [4.69, 9.17) is 4.74 Å². The number of sulfonamides is 1. The van der Waals surface area contributed by atoms with Gasteiger partial charge in [0.25, 0.3) is 11.8 Å². The summed E-state index contributed by atoms with van der Waals surface area (Å²) in [6.45, 7) is 2.36. The fraction of sp³-hybridized carbons (Fsp3) is 0.409. The van der Waals surface area contributed by atoms with Crippen molar-refractivity contribution < 1.29 is 27.5 Å².